The third-order valence-corrected chi connectivity index (χ3v) is 4.59. The molecule has 1 saturated heterocycles. The Balaban J connectivity index is 1.59. The largest absolute Gasteiger partial charge is 0.462 e. The van der Waals surface area contributed by atoms with Crippen LogP contribution in [0.4, 0.5) is 0 Å². The number of ether oxygens (including phenoxy) is 2. The van der Waals surface area contributed by atoms with Crippen LogP contribution >= 0.6 is 0 Å². The van der Waals surface area contributed by atoms with E-state index in [9.17, 15) is 0 Å². The number of aromatic nitrogens is 1. The molecule has 0 aliphatic carbocycles. The fourth-order valence-corrected chi connectivity index (χ4v) is 3.15. The lowest BCUT2D eigenvalue weighted by Crippen LogP contribution is -2.50. The van der Waals surface area contributed by atoms with Gasteiger partial charge in [0.2, 0.25) is 5.79 Å². The minimum atomic E-state index is -0.421. The summed E-state index contributed by atoms with van der Waals surface area (Å²) in [6, 6.07) is 10.3. The van der Waals surface area contributed by atoms with Crippen LogP contribution in [0.5, 0.6) is 5.75 Å². The molecule has 0 saturated carbocycles. The standard InChI is InChI=1S/C18H20N2O2/c1-20-9-6-18(7-10-20)21-13-16-11-14(4-5-17(16)22-18)15-3-2-8-19-12-15/h2-5,8,11-12H,6-7,9-10,13H2,1H3. The number of fused-ring (bicyclic) bond motifs is 1. The topological polar surface area (TPSA) is 34.6 Å². The Morgan fingerprint density at radius 3 is 2.77 bits per heavy atom. The molecule has 1 spiro atoms. The molecular formula is C18H20N2O2. The first-order valence-corrected chi connectivity index (χ1v) is 7.79. The van der Waals surface area contributed by atoms with Gasteiger partial charge in [0.05, 0.1) is 6.61 Å². The summed E-state index contributed by atoms with van der Waals surface area (Å²) in [5, 5.41) is 0. The average molecular weight is 296 g/mol. The molecule has 0 amide bonds. The molecule has 4 nitrogen and oxygen atoms in total. The van der Waals surface area contributed by atoms with E-state index in [4.69, 9.17) is 9.47 Å². The Morgan fingerprint density at radius 2 is 2.00 bits per heavy atom. The number of pyridine rings is 1. The molecule has 114 valence electrons. The SMILES string of the molecule is CN1CCC2(CC1)OCc1cc(-c3cccnc3)ccc1O2. The summed E-state index contributed by atoms with van der Waals surface area (Å²) in [4.78, 5) is 6.50. The maximum absolute atomic E-state index is 6.24. The minimum absolute atomic E-state index is 0.421. The molecule has 0 N–H and O–H groups in total. The van der Waals surface area contributed by atoms with Crippen LogP contribution in [-0.2, 0) is 11.3 Å². The van der Waals surface area contributed by atoms with E-state index in [2.05, 4.69) is 41.2 Å². The number of hydrogen-bond donors (Lipinski definition) is 0. The first kappa shape index (κ1) is 13.7. The van der Waals surface area contributed by atoms with Crippen molar-refractivity contribution in [1.29, 1.82) is 0 Å². The van der Waals surface area contributed by atoms with Gasteiger partial charge in [-0.2, -0.15) is 0 Å². The first-order valence-electron chi connectivity index (χ1n) is 7.79. The minimum Gasteiger partial charge on any atom is -0.462 e. The van der Waals surface area contributed by atoms with Crippen molar-refractivity contribution >= 4 is 0 Å². The van der Waals surface area contributed by atoms with Gasteiger partial charge >= 0.3 is 0 Å². The van der Waals surface area contributed by atoms with Crippen LogP contribution in [0.1, 0.15) is 18.4 Å². The number of hydrogen-bond acceptors (Lipinski definition) is 4. The van der Waals surface area contributed by atoms with Gasteiger partial charge in [-0.25, -0.2) is 0 Å². The van der Waals surface area contributed by atoms with Gasteiger partial charge in [-0.3, -0.25) is 4.98 Å². The van der Waals surface area contributed by atoms with E-state index in [0.717, 1.165) is 48.4 Å². The lowest BCUT2D eigenvalue weighted by Gasteiger charge is -2.43. The smallest absolute Gasteiger partial charge is 0.213 e. The Kier molecular flexibility index (Phi) is 3.36. The van der Waals surface area contributed by atoms with Gasteiger partial charge in [0.25, 0.3) is 0 Å². The molecular weight excluding hydrogens is 276 g/mol. The highest BCUT2D eigenvalue weighted by atomic mass is 16.7. The Morgan fingerprint density at radius 1 is 1.14 bits per heavy atom. The van der Waals surface area contributed by atoms with Crippen LogP contribution in [0, 0.1) is 0 Å². The number of likely N-dealkylation sites (tertiary alicyclic amines) is 1. The molecule has 0 atom stereocenters. The normalized spacial score (nSPS) is 20.4. The van der Waals surface area contributed by atoms with Crippen molar-refractivity contribution in [3.8, 4) is 16.9 Å². The highest BCUT2D eigenvalue weighted by Gasteiger charge is 2.40. The van der Waals surface area contributed by atoms with Crippen LogP contribution < -0.4 is 4.74 Å². The van der Waals surface area contributed by atoms with Crippen molar-refractivity contribution in [2.45, 2.75) is 25.2 Å². The highest BCUT2D eigenvalue weighted by Crippen LogP contribution is 2.38. The molecule has 3 heterocycles. The molecule has 2 aliphatic heterocycles. The van der Waals surface area contributed by atoms with Crippen molar-refractivity contribution < 1.29 is 9.47 Å². The van der Waals surface area contributed by atoms with Crippen molar-refractivity contribution in [2.24, 2.45) is 0 Å². The second-order valence-electron chi connectivity index (χ2n) is 6.17. The van der Waals surface area contributed by atoms with E-state index in [-0.39, 0.29) is 0 Å². The fourth-order valence-electron chi connectivity index (χ4n) is 3.15. The maximum Gasteiger partial charge on any atom is 0.213 e. The van der Waals surface area contributed by atoms with Gasteiger partial charge in [-0.05, 0) is 30.8 Å². The van der Waals surface area contributed by atoms with Crippen molar-refractivity contribution in [1.82, 2.24) is 9.88 Å². The Hall–Kier alpha value is -1.91. The zero-order valence-corrected chi connectivity index (χ0v) is 12.8. The van der Waals surface area contributed by atoms with Crippen LogP contribution in [0.3, 0.4) is 0 Å². The molecule has 1 fully saturated rings. The fraction of sp³-hybridized carbons (Fsp3) is 0.389. The third-order valence-electron chi connectivity index (χ3n) is 4.59. The zero-order chi connectivity index (χ0) is 15.0. The summed E-state index contributed by atoms with van der Waals surface area (Å²) in [5.74, 6) is 0.540. The van der Waals surface area contributed by atoms with Gasteiger partial charge in [0.1, 0.15) is 5.75 Å². The highest BCUT2D eigenvalue weighted by molar-refractivity contribution is 5.64. The van der Waals surface area contributed by atoms with Gasteiger partial charge in [0, 0.05) is 49.5 Å². The number of piperidine rings is 1. The molecule has 4 heteroatoms. The molecule has 22 heavy (non-hydrogen) atoms. The monoisotopic (exact) mass is 296 g/mol. The molecule has 1 aromatic carbocycles. The number of nitrogens with zero attached hydrogens (tertiary/aromatic N) is 2. The van der Waals surface area contributed by atoms with Gasteiger partial charge in [-0.15, -0.1) is 0 Å². The first-order chi connectivity index (χ1) is 10.7. The van der Waals surface area contributed by atoms with Crippen LogP contribution in [0.2, 0.25) is 0 Å². The molecule has 2 aliphatic rings. The summed E-state index contributed by atoms with van der Waals surface area (Å²) in [5.41, 5.74) is 3.38. The predicted octanol–water partition coefficient (Wildman–Crippen LogP) is 3.08. The lowest BCUT2D eigenvalue weighted by atomic mass is 10.00. The molecule has 0 bridgehead atoms. The van der Waals surface area contributed by atoms with E-state index in [1.807, 2.05) is 12.3 Å². The van der Waals surface area contributed by atoms with Crippen molar-refractivity contribution in [3.63, 3.8) is 0 Å². The summed E-state index contributed by atoms with van der Waals surface area (Å²) in [6.45, 7) is 2.65. The Bertz CT molecular complexity index is 664. The summed E-state index contributed by atoms with van der Waals surface area (Å²) >= 11 is 0. The molecule has 4 rings (SSSR count). The second-order valence-corrected chi connectivity index (χ2v) is 6.17. The zero-order valence-electron chi connectivity index (χ0n) is 12.8. The molecule has 0 unspecified atom stereocenters. The molecule has 0 radical (unpaired) electrons. The van der Waals surface area contributed by atoms with E-state index < -0.39 is 5.79 Å². The van der Waals surface area contributed by atoms with Crippen molar-refractivity contribution in [3.05, 3.63) is 48.3 Å². The van der Waals surface area contributed by atoms with E-state index in [1.165, 1.54) is 0 Å². The van der Waals surface area contributed by atoms with Crippen molar-refractivity contribution in [2.75, 3.05) is 20.1 Å². The van der Waals surface area contributed by atoms with Gasteiger partial charge < -0.3 is 14.4 Å². The molecule has 1 aromatic heterocycles. The number of benzene rings is 1. The van der Waals surface area contributed by atoms with Crippen LogP contribution in [0.15, 0.2) is 42.7 Å². The van der Waals surface area contributed by atoms with E-state index >= 15 is 0 Å². The third kappa shape index (κ3) is 2.49. The van der Waals surface area contributed by atoms with E-state index in [0.29, 0.717) is 6.61 Å². The maximum atomic E-state index is 6.24. The number of rotatable bonds is 1. The summed E-state index contributed by atoms with van der Waals surface area (Å²) < 4.78 is 12.3. The average Bonchev–Trinajstić information content (AvgIpc) is 2.58. The van der Waals surface area contributed by atoms with Gasteiger partial charge in [-0.1, -0.05) is 12.1 Å². The molecule has 2 aromatic rings. The van der Waals surface area contributed by atoms with Crippen LogP contribution in [0.25, 0.3) is 11.1 Å². The summed E-state index contributed by atoms with van der Waals surface area (Å²) in [7, 11) is 2.14. The Labute approximate surface area is 130 Å². The quantitative estimate of drug-likeness (QED) is 0.810. The lowest BCUT2D eigenvalue weighted by molar-refractivity contribution is -0.226. The predicted molar refractivity (Wildman–Crippen MR) is 84.6 cm³/mol. The summed E-state index contributed by atoms with van der Waals surface area (Å²) in [6.07, 6.45) is 5.52. The van der Waals surface area contributed by atoms with Crippen LogP contribution in [-0.4, -0.2) is 35.8 Å². The van der Waals surface area contributed by atoms with Gasteiger partial charge in [0.15, 0.2) is 0 Å². The van der Waals surface area contributed by atoms with E-state index in [1.54, 1.807) is 6.20 Å². The second kappa shape index (κ2) is 5.38.